The van der Waals surface area contributed by atoms with Crippen LogP contribution in [0.3, 0.4) is 0 Å². The van der Waals surface area contributed by atoms with E-state index in [1.165, 1.54) is 30.3 Å². The second-order valence-electron chi connectivity index (χ2n) is 4.47. The molecule has 0 fully saturated rings. The first-order valence-corrected chi connectivity index (χ1v) is 7.50. The van der Waals surface area contributed by atoms with Crippen LogP contribution in [0.15, 0.2) is 53.4 Å². The molecule has 0 saturated heterocycles. The van der Waals surface area contributed by atoms with Gasteiger partial charge in [-0.1, -0.05) is 18.2 Å². The van der Waals surface area contributed by atoms with Crippen molar-refractivity contribution in [1.82, 2.24) is 4.72 Å². The fourth-order valence-electron chi connectivity index (χ4n) is 1.83. The lowest BCUT2D eigenvalue weighted by molar-refractivity contribution is 0.564. The average Bonchev–Trinajstić information content (AvgIpc) is 2.38. The van der Waals surface area contributed by atoms with Crippen LogP contribution >= 0.6 is 0 Å². The van der Waals surface area contributed by atoms with Gasteiger partial charge in [-0.05, 0) is 42.8 Å². The molecule has 0 aromatic heterocycles. The number of anilines is 1. The van der Waals surface area contributed by atoms with Gasteiger partial charge in [0.2, 0.25) is 10.0 Å². The number of rotatable bonds is 4. The molecule has 0 radical (unpaired) electrons. The summed E-state index contributed by atoms with van der Waals surface area (Å²) in [6.07, 6.45) is 0. The van der Waals surface area contributed by atoms with Crippen LogP contribution in [0.4, 0.5) is 10.1 Å². The molecule has 0 aliphatic heterocycles. The first-order chi connectivity index (χ1) is 9.38. The van der Waals surface area contributed by atoms with Crippen molar-refractivity contribution in [3.63, 3.8) is 0 Å². The van der Waals surface area contributed by atoms with Crippen LogP contribution in [0.2, 0.25) is 0 Å². The Bertz CT molecular complexity index is 717. The summed E-state index contributed by atoms with van der Waals surface area (Å²) >= 11 is 0. The second-order valence-corrected chi connectivity index (χ2v) is 6.18. The first-order valence-electron chi connectivity index (χ1n) is 6.02. The number of sulfonamides is 1. The Morgan fingerprint density at radius 2 is 1.85 bits per heavy atom. The van der Waals surface area contributed by atoms with Crippen molar-refractivity contribution in [2.45, 2.75) is 17.9 Å². The number of halogens is 1. The molecule has 0 amide bonds. The minimum Gasteiger partial charge on any atom is -0.399 e. The highest BCUT2D eigenvalue weighted by Gasteiger charge is 2.18. The third kappa shape index (κ3) is 3.34. The fraction of sp³-hybridized carbons (Fsp3) is 0.143. The van der Waals surface area contributed by atoms with Crippen molar-refractivity contribution in [1.29, 1.82) is 0 Å². The van der Waals surface area contributed by atoms with Gasteiger partial charge < -0.3 is 5.73 Å². The summed E-state index contributed by atoms with van der Waals surface area (Å²) in [5.41, 5.74) is 6.50. The van der Waals surface area contributed by atoms with Crippen molar-refractivity contribution in [2.24, 2.45) is 0 Å². The summed E-state index contributed by atoms with van der Waals surface area (Å²) in [6.45, 7) is 1.65. The lowest BCUT2D eigenvalue weighted by Crippen LogP contribution is -2.27. The lowest BCUT2D eigenvalue weighted by atomic mass is 10.1. The molecular weight excluding hydrogens is 279 g/mol. The minimum absolute atomic E-state index is 0.0840. The Morgan fingerprint density at radius 1 is 1.15 bits per heavy atom. The third-order valence-electron chi connectivity index (χ3n) is 2.85. The predicted molar refractivity (Wildman–Crippen MR) is 76.0 cm³/mol. The molecule has 2 aromatic rings. The fourth-order valence-corrected chi connectivity index (χ4v) is 3.11. The van der Waals surface area contributed by atoms with E-state index in [0.29, 0.717) is 11.3 Å². The lowest BCUT2D eigenvalue weighted by Gasteiger charge is -2.15. The summed E-state index contributed by atoms with van der Waals surface area (Å²) in [5, 5.41) is 0. The normalized spacial score (nSPS) is 13.1. The predicted octanol–water partition coefficient (Wildman–Crippen LogP) is 2.45. The highest BCUT2D eigenvalue weighted by atomic mass is 32.2. The molecule has 106 valence electrons. The van der Waals surface area contributed by atoms with E-state index in [4.69, 9.17) is 5.73 Å². The molecule has 3 N–H and O–H groups in total. The van der Waals surface area contributed by atoms with E-state index in [1.54, 1.807) is 25.1 Å². The van der Waals surface area contributed by atoms with Crippen LogP contribution < -0.4 is 10.5 Å². The molecule has 1 atom stereocenters. The zero-order chi connectivity index (χ0) is 14.8. The van der Waals surface area contributed by atoms with Gasteiger partial charge in [0.05, 0.1) is 4.90 Å². The SMILES string of the molecule is CC(NS(=O)(=O)c1cccc(N)c1)c1cccc(F)c1. The molecule has 0 bridgehead atoms. The summed E-state index contributed by atoms with van der Waals surface area (Å²) in [4.78, 5) is 0.0840. The standard InChI is InChI=1S/C14H15FN2O2S/c1-10(11-4-2-5-12(15)8-11)17-20(18,19)14-7-3-6-13(16)9-14/h2-10,17H,16H2,1H3. The first kappa shape index (κ1) is 14.5. The Labute approximate surface area is 117 Å². The number of nitrogens with two attached hydrogens (primary N) is 1. The van der Waals surface area contributed by atoms with Gasteiger partial charge >= 0.3 is 0 Å². The molecule has 6 heteroatoms. The Hall–Kier alpha value is -1.92. The van der Waals surface area contributed by atoms with Crippen molar-refractivity contribution >= 4 is 15.7 Å². The van der Waals surface area contributed by atoms with E-state index in [-0.39, 0.29) is 4.90 Å². The largest absolute Gasteiger partial charge is 0.399 e. The van der Waals surface area contributed by atoms with Gasteiger partial charge in [-0.3, -0.25) is 0 Å². The Balaban J connectivity index is 2.24. The molecule has 0 aliphatic carbocycles. The molecule has 1 unspecified atom stereocenters. The van der Waals surface area contributed by atoms with Crippen LogP contribution in [0.5, 0.6) is 0 Å². The highest BCUT2D eigenvalue weighted by Crippen LogP contribution is 2.18. The topological polar surface area (TPSA) is 72.2 Å². The van der Waals surface area contributed by atoms with Gasteiger partial charge in [0.15, 0.2) is 0 Å². The van der Waals surface area contributed by atoms with Gasteiger partial charge in [0.1, 0.15) is 5.82 Å². The van der Waals surface area contributed by atoms with Gasteiger partial charge in [-0.2, -0.15) is 0 Å². The molecule has 0 heterocycles. The molecule has 20 heavy (non-hydrogen) atoms. The molecule has 2 aromatic carbocycles. The second kappa shape index (κ2) is 5.60. The van der Waals surface area contributed by atoms with E-state index < -0.39 is 21.9 Å². The van der Waals surface area contributed by atoms with Crippen molar-refractivity contribution in [3.8, 4) is 0 Å². The van der Waals surface area contributed by atoms with Crippen LogP contribution in [0.25, 0.3) is 0 Å². The van der Waals surface area contributed by atoms with E-state index in [0.717, 1.165) is 0 Å². The maximum Gasteiger partial charge on any atom is 0.241 e. The van der Waals surface area contributed by atoms with Gasteiger partial charge in [0, 0.05) is 11.7 Å². The Kier molecular flexibility index (Phi) is 4.06. The van der Waals surface area contributed by atoms with Crippen LogP contribution in [0.1, 0.15) is 18.5 Å². The van der Waals surface area contributed by atoms with Gasteiger partial charge in [0.25, 0.3) is 0 Å². The monoisotopic (exact) mass is 294 g/mol. The van der Waals surface area contributed by atoms with E-state index in [1.807, 2.05) is 0 Å². The smallest absolute Gasteiger partial charge is 0.241 e. The summed E-state index contributed by atoms with van der Waals surface area (Å²) in [7, 11) is -3.70. The quantitative estimate of drug-likeness (QED) is 0.851. The maximum absolute atomic E-state index is 13.1. The average molecular weight is 294 g/mol. The van der Waals surface area contributed by atoms with E-state index in [9.17, 15) is 12.8 Å². The summed E-state index contributed by atoms with van der Waals surface area (Å²) in [5.74, 6) is -0.405. The number of hydrogen-bond acceptors (Lipinski definition) is 3. The van der Waals surface area contributed by atoms with Gasteiger partial charge in [-0.15, -0.1) is 0 Å². The molecule has 2 rings (SSSR count). The zero-order valence-corrected chi connectivity index (χ0v) is 11.7. The molecular formula is C14H15FN2O2S. The molecule has 0 saturated carbocycles. The maximum atomic E-state index is 13.1. The zero-order valence-electron chi connectivity index (χ0n) is 10.9. The Morgan fingerprint density at radius 3 is 2.50 bits per heavy atom. The van der Waals surface area contributed by atoms with Crippen molar-refractivity contribution in [3.05, 3.63) is 59.9 Å². The van der Waals surface area contributed by atoms with Gasteiger partial charge in [-0.25, -0.2) is 17.5 Å². The van der Waals surface area contributed by atoms with Crippen LogP contribution in [0, 0.1) is 5.82 Å². The molecule has 0 spiro atoms. The number of benzene rings is 2. The molecule has 0 aliphatic rings. The van der Waals surface area contributed by atoms with Crippen molar-refractivity contribution < 1.29 is 12.8 Å². The summed E-state index contributed by atoms with van der Waals surface area (Å²) in [6, 6.07) is 11.3. The third-order valence-corrected chi connectivity index (χ3v) is 4.39. The molecule has 4 nitrogen and oxygen atoms in total. The summed E-state index contributed by atoms with van der Waals surface area (Å²) < 4.78 is 40.0. The highest BCUT2D eigenvalue weighted by molar-refractivity contribution is 7.89. The minimum atomic E-state index is -3.70. The van der Waals surface area contributed by atoms with Crippen molar-refractivity contribution in [2.75, 3.05) is 5.73 Å². The van der Waals surface area contributed by atoms with E-state index in [2.05, 4.69) is 4.72 Å². The van der Waals surface area contributed by atoms with E-state index >= 15 is 0 Å². The number of nitrogen functional groups attached to an aromatic ring is 1. The van der Waals surface area contributed by atoms with Crippen LogP contribution in [-0.2, 0) is 10.0 Å². The number of nitrogens with one attached hydrogen (secondary N) is 1. The number of hydrogen-bond donors (Lipinski definition) is 2. The van der Waals surface area contributed by atoms with Crippen LogP contribution in [-0.4, -0.2) is 8.42 Å².